The summed E-state index contributed by atoms with van der Waals surface area (Å²) in [6.07, 6.45) is 4.08. The number of anilines is 1. The summed E-state index contributed by atoms with van der Waals surface area (Å²) in [5, 5.41) is 1.16. The Hall–Kier alpha value is -1.48. The Morgan fingerprint density at radius 2 is 2.12 bits per heavy atom. The third-order valence-electron chi connectivity index (χ3n) is 3.32. The SMILES string of the molecule is CN(CC1(N)CC1)c1coc2ccccc12. The molecule has 1 heterocycles. The first-order valence-corrected chi connectivity index (χ1v) is 5.64. The van der Waals surface area contributed by atoms with E-state index in [9.17, 15) is 0 Å². The van der Waals surface area contributed by atoms with Crippen LogP contribution in [0.25, 0.3) is 11.0 Å². The molecule has 0 atom stereocenters. The molecule has 84 valence electrons. The van der Waals surface area contributed by atoms with E-state index in [-0.39, 0.29) is 5.54 Å². The molecule has 0 radical (unpaired) electrons. The van der Waals surface area contributed by atoms with E-state index in [1.54, 1.807) is 0 Å². The van der Waals surface area contributed by atoms with Crippen LogP contribution in [0.2, 0.25) is 0 Å². The van der Waals surface area contributed by atoms with Gasteiger partial charge in [-0.2, -0.15) is 0 Å². The highest BCUT2D eigenvalue weighted by atomic mass is 16.3. The first-order valence-electron chi connectivity index (χ1n) is 5.64. The van der Waals surface area contributed by atoms with E-state index in [1.807, 2.05) is 24.5 Å². The topological polar surface area (TPSA) is 42.4 Å². The van der Waals surface area contributed by atoms with Crippen LogP contribution in [0.1, 0.15) is 12.8 Å². The number of nitrogens with two attached hydrogens (primary N) is 1. The summed E-state index contributed by atoms with van der Waals surface area (Å²) in [6.45, 7) is 0.899. The van der Waals surface area contributed by atoms with Gasteiger partial charge in [-0.15, -0.1) is 0 Å². The Morgan fingerprint density at radius 1 is 1.38 bits per heavy atom. The number of rotatable bonds is 3. The van der Waals surface area contributed by atoms with Gasteiger partial charge in [0.1, 0.15) is 11.8 Å². The van der Waals surface area contributed by atoms with Crippen LogP contribution in [0, 0.1) is 0 Å². The van der Waals surface area contributed by atoms with E-state index in [1.165, 1.54) is 0 Å². The Kier molecular flexibility index (Phi) is 1.98. The Labute approximate surface area is 94.8 Å². The average Bonchev–Trinajstić information content (AvgIpc) is 2.84. The Morgan fingerprint density at radius 3 is 2.88 bits per heavy atom. The number of nitrogens with zero attached hydrogens (tertiary/aromatic N) is 1. The van der Waals surface area contributed by atoms with Crippen molar-refractivity contribution in [3.63, 3.8) is 0 Å². The van der Waals surface area contributed by atoms with Crippen molar-refractivity contribution in [2.24, 2.45) is 5.73 Å². The lowest BCUT2D eigenvalue weighted by Crippen LogP contribution is -2.37. The summed E-state index contributed by atoms with van der Waals surface area (Å²) in [5.74, 6) is 0. The van der Waals surface area contributed by atoms with E-state index in [4.69, 9.17) is 10.2 Å². The van der Waals surface area contributed by atoms with E-state index < -0.39 is 0 Å². The fourth-order valence-corrected chi connectivity index (χ4v) is 2.14. The van der Waals surface area contributed by atoms with Crippen LogP contribution in [0.5, 0.6) is 0 Å². The Bertz CT molecular complexity index is 513. The number of furan rings is 1. The van der Waals surface area contributed by atoms with Crippen LogP contribution < -0.4 is 10.6 Å². The molecule has 1 aliphatic rings. The quantitative estimate of drug-likeness (QED) is 0.856. The predicted octanol–water partition coefficient (Wildman–Crippen LogP) is 2.36. The summed E-state index contributed by atoms with van der Waals surface area (Å²) in [5.41, 5.74) is 8.23. The summed E-state index contributed by atoms with van der Waals surface area (Å²) in [6, 6.07) is 8.09. The van der Waals surface area contributed by atoms with Gasteiger partial charge in [0.05, 0.1) is 5.69 Å². The highest BCUT2D eigenvalue weighted by Crippen LogP contribution is 2.35. The van der Waals surface area contributed by atoms with Crippen LogP contribution in [0.4, 0.5) is 5.69 Å². The second kappa shape index (κ2) is 3.25. The lowest BCUT2D eigenvalue weighted by Gasteiger charge is -2.21. The zero-order valence-corrected chi connectivity index (χ0v) is 9.44. The molecule has 3 rings (SSSR count). The highest BCUT2D eigenvalue weighted by molar-refractivity contribution is 5.90. The van der Waals surface area contributed by atoms with Crippen molar-refractivity contribution < 1.29 is 4.42 Å². The monoisotopic (exact) mass is 216 g/mol. The fourth-order valence-electron chi connectivity index (χ4n) is 2.14. The third kappa shape index (κ3) is 1.57. The predicted molar refractivity (Wildman–Crippen MR) is 65.6 cm³/mol. The maximum Gasteiger partial charge on any atom is 0.136 e. The number of hydrogen-bond donors (Lipinski definition) is 1. The minimum absolute atomic E-state index is 0.0348. The van der Waals surface area contributed by atoms with E-state index in [2.05, 4.69) is 18.0 Å². The maximum atomic E-state index is 6.13. The van der Waals surface area contributed by atoms with Gasteiger partial charge in [0, 0.05) is 24.5 Å². The molecule has 0 bridgehead atoms. The summed E-state index contributed by atoms with van der Waals surface area (Å²) >= 11 is 0. The van der Waals surface area contributed by atoms with Gasteiger partial charge >= 0.3 is 0 Å². The lowest BCUT2D eigenvalue weighted by atomic mass is 10.2. The summed E-state index contributed by atoms with van der Waals surface area (Å²) in [7, 11) is 2.07. The molecule has 1 aromatic heterocycles. The summed E-state index contributed by atoms with van der Waals surface area (Å²) in [4.78, 5) is 2.19. The van der Waals surface area contributed by atoms with Crippen LogP contribution in [0.15, 0.2) is 34.9 Å². The summed E-state index contributed by atoms with van der Waals surface area (Å²) < 4.78 is 5.52. The van der Waals surface area contributed by atoms with Crippen molar-refractivity contribution in [1.82, 2.24) is 0 Å². The van der Waals surface area contributed by atoms with Crippen LogP contribution >= 0.6 is 0 Å². The van der Waals surface area contributed by atoms with Crippen molar-refractivity contribution in [2.45, 2.75) is 18.4 Å². The minimum atomic E-state index is 0.0348. The minimum Gasteiger partial charge on any atom is -0.462 e. The maximum absolute atomic E-state index is 6.13. The smallest absolute Gasteiger partial charge is 0.136 e. The molecular weight excluding hydrogens is 200 g/mol. The molecular formula is C13H16N2O. The zero-order chi connectivity index (χ0) is 11.2. The molecule has 0 amide bonds. The van der Waals surface area contributed by atoms with Gasteiger partial charge in [-0.3, -0.25) is 0 Å². The normalized spacial score (nSPS) is 17.6. The van der Waals surface area contributed by atoms with Gasteiger partial charge in [0.15, 0.2) is 0 Å². The van der Waals surface area contributed by atoms with Gasteiger partial charge in [-0.05, 0) is 25.0 Å². The first kappa shape index (κ1) is 9.73. The van der Waals surface area contributed by atoms with E-state index in [0.29, 0.717) is 0 Å². The fraction of sp³-hybridized carbons (Fsp3) is 0.385. The molecule has 0 unspecified atom stereocenters. The van der Waals surface area contributed by atoms with Gasteiger partial charge < -0.3 is 15.1 Å². The molecule has 1 aliphatic carbocycles. The van der Waals surface area contributed by atoms with Gasteiger partial charge in [-0.25, -0.2) is 0 Å². The third-order valence-corrected chi connectivity index (χ3v) is 3.32. The number of hydrogen-bond acceptors (Lipinski definition) is 3. The standard InChI is InChI=1S/C13H16N2O/c1-15(9-13(14)6-7-13)11-8-16-12-5-3-2-4-10(11)12/h2-5,8H,6-7,9,14H2,1H3. The Balaban J connectivity index is 1.93. The first-order chi connectivity index (χ1) is 7.68. The molecule has 2 aromatic rings. The van der Waals surface area contributed by atoms with Crippen molar-refractivity contribution >= 4 is 16.7 Å². The van der Waals surface area contributed by atoms with Crippen LogP contribution in [-0.2, 0) is 0 Å². The van der Waals surface area contributed by atoms with Crippen LogP contribution in [-0.4, -0.2) is 19.1 Å². The number of para-hydroxylation sites is 1. The molecule has 0 saturated heterocycles. The second-order valence-corrected chi connectivity index (χ2v) is 4.84. The molecule has 2 N–H and O–H groups in total. The molecule has 16 heavy (non-hydrogen) atoms. The molecule has 1 fully saturated rings. The lowest BCUT2D eigenvalue weighted by molar-refractivity contribution is 0.609. The number of fused-ring (bicyclic) bond motifs is 1. The van der Waals surface area contributed by atoms with Crippen molar-refractivity contribution in [2.75, 3.05) is 18.5 Å². The highest BCUT2D eigenvalue weighted by Gasteiger charge is 2.39. The molecule has 3 heteroatoms. The molecule has 0 spiro atoms. The molecule has 3 nitrogen and oxygen atoms in total. The second-order valence-electron chi connectivity index (χ2n) is 4.84. The molecule has 1 saturated carbocycles. The molecule has 1 aromatic carbocycles. The number of likely N-dealkylation sites (N-methyl/N-ethyl adjacent to an activating group) is 1. The van der Waals surface area contributed by atoms with Crippen molar-refractivity contribution in [1.29, 1.82) is 0 Å². The zero-order valence-electron chi connectivity index (χ0n) is 9.44. The number of benzene rings is 1. The average molecular weight is 216 g/mol. The largest absolute Gasteiger partial charge is 0.462 e. The van der Waals surface area contributed by atoms with Crippen LogP contribution in [0.3, 0.4) is 0 Å². The van der Waals surface area contributed by atoms with Gasteiger partial charge in [0.2, 0.25) is 0 Å². The van der Waals surface area contributed by atoms with Crippen molar-refractivity contribution in [3.05, 3.63) is 30.5 Å². The van der Waals surface area contributed by atoms with Gasteiger partial charge in [0.25, 0.3) is 0 Å². The molecule has 0 aliphatic heterocycles. The van der Waals surface area contributed by atoms with Crippen molar-refractivity contribution in [3.8, 4) is 0 Å². The van der Waals surface area contributed by atoms with E-state index in [0.717, 1.165) is 36.0 Å². The van der Waals surface area contributed by atoms with E-state index >= 15 is 0 Å². The van der Waals surface area contributed by atoms with Gasteiger partial charge in [-0.1, -0.05) is 12.1 Å².